The summed E-state index contributed by atoms with van der Waals surface area (Å²) in [5.41, 5.74) is 1.80. The molecule has 0 saturated heterocycles. The standard InChI is InChI=1S/C25H19ClN2O6/c26-21-10-9-17(13-22(21)28(32)33)24(30)19-7-3-4-8-20(19)25(31)34-15-23(29)27-12-11-16-5-1-2-6-18(16)14-27/h1-10,13H,11-12,14-15H2. The maximum absolute atomic E-state index is 13.0. The monoisotopic (exact) mass is 478 g/mol. The fourth-order valence-electron chi connectivity index (χ4n) is 3.81. The molecule has 9 heteroatoms. The van der Waals surface area contributed by atoms with Crippen LogP contribution in [0, 0.1) is 10.1 Å². The van der Waals surface area contributed by atoms with Crippen LogP contribution in [0.25, 0.3) is 0 Å². The Bertz CT molecular complexity index is 1310. The molecule has 1 amide bonds. The number of amides is 1. The molecule has 0 aromatic heterocycles. The number of ether oxygens (including phenoxy) is 1. The van der Waals surface area contributed by atoms with Gasteiger partial charge in [-0.3, -0.25) is 19.7 Å². The van der Waals surface area contributed by atoms with Crippen molar-refractivity contribution in [3.8, 4) is 0 Å². The third-order valence-corrected chi connectivity index (χ3v) is 5.93. The number of benzene rings is 3. The summed E-state index contributed by atoms with van der Waals surface area (Å²) in [4.78, 5) is 50.5. The Morgan fingerprint density at radius 3 is 2.38 bits per heavy atom. The molecule has 172 valence electrons. The summed E-state index contributed by atoms with van der Waals surface area (Å²) in [6.45, 7) is 0.505. The van der Waals surface area contributed by atoms with E-state index in [0.717, 1.165) is 18.1 Å². The van der Waals surface area contributed by atoms with Crippen molar-refractivity contribution < 1.29 is 24.0 Å². The topological polar surface area (TPSA) is 107 Å². The first-order valence-corrected chi connectivity index (χ1v) is 10.8. The molecule has 0 unspecified atom stereocenters. The van der Waals surface area contributed by atoms with Crippen LogP contribution < -0.4 is 0 Å². The Labute approximate surface area is 199 Å². The van der Waals surface area contributed by atoms with Crippen LogP contribution in [-0.2, 0) is 22.5 Å². The van der Waals surface area contributed by atoms with Crippen molar-refractivity contribution in [1.29, 1.82) is 0 Å². The van der Waals surface area contributed by atoms with Gasteiger partial charge in [0.15, 0.2) is 12.4 Å². The molecule has 0 atom stereocenters. The van der Waals surface area contributed by atoms with E-state index >= 15 is 0 Å². The SMILES string of the molecule is O=C(OCC(=O)N1CCc2ccccc2C1)c1ccccc1C(=O)c1ccc(Cl)c([N+](=O)[O-])c1. The van der Waals surface area contributed by atoms with Gasteiger partial charge in [-0.1, -0.05) is 54.1 Å². The van der Waals surface area contributed by atoms with Crippen LogP contribution in [0.15, 0.2) is 66.7 Å². The van der Waals surface area contributed by atoms with Gasteiger partial charge in [-0.2, -0.15) is 0 Å². The Morgan fingerprint density at radius 2 is 1.65 bits per heavy atom. The minimum Gasteiger partial charge on any atom is -0.452 e. The molecule has 3 aromatic carbocycles. The highest BCUT2D eigenvalue weighted by molar-refractivity contribution is 6.33. The summed E-state index contributed by atoms with van der Waals surface area (Å²) in [5, 5.41) is 11.1. The van der Waals surface area contributed by atoms with Crippen molar-refractivity contribution in [3.05, 3.63) is 110 Å². The lowest BCUT2D eigenvalue weighted by Gasteiger charge is -2.28. The summed E-state index contributed by atoms with van der Waals surface area (Å²) < 4.78 is 5.23. The molecule has 0 fully saturated rings. The van der Waals surface area contributed by atoms with Crippen molar-refractivity contribution >= 4 is 34.9 Å². The van der Waals surface area contributed by atoms with Crippen molar-refractivity contribution in [2.45, 2.75) is 13.0 Å². The number of nitro groups is 1. The van der Waals surface area contributed by atoms with Gasteiger partial charge in [0.1, 0.15) is 5.02 Å². The van der Waals surface area contributed by atoms with E-state index in [9.17, 15) is 24.5 Å². The van der Waals surface area contributed by atoms with Crippen LogP contribution in [-0.4, -0.2) is 40.6 Å². The molecule has 0 aliphatic carbocycles. The van der Waals surface area contributed by atoms with E-state index in [1.165, 1.54) is 29.8 Å². The molecule has 8 nitrogen and oxygen atoms in total. The quantitative estimate of drug-likeness (QED) is 0.227. The summed E-state index contributed by atoms with van der Waals surface area (Å²) in [5.74, 6) is -1.77. The molecule has 0 N–H and O–H groups in total. The molecule has 3 aromatic rings. The van der Waals surface area contributed by atoms with Gasteiger partial charge in [-0.25, -0.2) is 4.79 Å². The van der Waals surface area contributed by atoms with Gasteiger partial charge in [0.25, 0.3) is 11.6 Å². The molecule has 0 saturated carbocycles. The van der Waals surface area contributed by atoms with Crippen molar-refractivity contribution in [2.75, 3.05) is 13.2 Å². The molecule has 1 aliphatic heterocycles. The number of esters is 1. The summed E-state index contributed by atoms with van der Waals surface area (Å²) in [7, 11) is 0. The number of hydrogen-bond donors (Lipinski definition) is 0. The maximum Gasteiger partial charge on any atom is 0.339 e. The zero-order valence-corrected chi connectivity index (χ0v) is 18.7. The van der Waals surface area contributed by atoms with Crippen LogP contribution in [0.1, 0.15) is 37.4 Å². The minimum absolute atomic E-state index is 0.000548. The van der Waals surface area contributed by atoms with Gasteiger partial charge < -0.3 is 9.64 Å². The molecule has 0 spiro atoms. The highest BCUT2D eigenvalue weighted by atomic mass is 35.5. The van der Waals surface area contributed by atoms with Gasteiger partial charge >= 0.3 is 5.97 Å². The Morgan fingerprint density at radius 1 is 0.971 bits per heavy atom. The number of rotatable bonds is 6. The first-order chi connectivity index (χ1) is 16.3. The van der Waals surface area contributed by atoms with E-state index in [1.807, 2.05) is 24.3 Å². The number of halogens is 1. The minimum atomic E-state index is -0.835. The fraction of sp³-hybridized carbons (Fsp3) is 0.160. The van der Waals surface area contributed by atoms with Crippen LogP contribution in [0.4, 0.5) is 5.69 Å². The molecule has 1 heterocycles. The number of ketones is 1. The van der Waals surface area contributed by atoms with E-state index < -0.39 is 29.0 Å². The van der Waals surface area contributed by atoms with E-state index in [4.69, 9.17) is 16.3 Å². The number of nitrogens with zero attached hydrogens (tertiary/aromatic N) is 2. The fourth-order valence-corrected chi connectivity index (χ4v) is 4.00. The lowest BCUT2D eigenvalue weighted by Crippen LogP contribution is -2.38. The molecule has 34 heavy (non-hydrogen) atoms. The zero-order chi connectivity index (χ0) is 24.2. The zero-order valence-electron chi connectivity index (χ0n) is 17.9. The normalized spacial score (nSPS) is 12.6. The third-order valence-electron chi connectivity index (χ3n) is 5.61. The van der Waals surface area contributed by atoms with Gasteiger partial charge in [0.2, 0.25) is 0 Å². The van der Waals surface area contributed by atoms with Gasteiger partial charge in [-0.05, 0) is 35.7 Å². The summed E-state index contributed by atoms with van der Waals surface area (Å²) >= 11 is 5.82. The lowest BCUT2D eigenvalue weighted by atomic mass is 9.98. The molecule has 4 rings (SSSR count). The molecular formula is C25H19ClN2O6. The van der Waals surface area contributed by atoms with Crippen molar-refractivity contribution in [3.63, 3.8) is 0 Å². The highest BCUT2D eigenvalue weighted by Crippen LogP contribution is 2.27. The second-order valence-electron chi connectivity index (χ2n) is 7.71. The highest BCUT2D eigenvalue weighted by Gasteiger charge is 2.25. The van der Waals surface area contributed by atoms with Gasteiger partial charge in [0, 0.05) is 30.3 Å². The summed E-state index contributed by atoms with van der Waals surface area (Å²) in [6.07, 6.45) is 0.723. The van der Waals surface area contributed by atoms with Crippen LogP contribution in [0.3, 0.4) is 0 Å². The number of carbonyl (C=O) groups is 3. The maximum atomic E-state index is 13.0. The molecule has 1 aliphatic rings. The number of nitro benzene ring substituents is 1. The second kappa shape index (κ2) is 9.84. The van der Waals surface area contributed by atoms with E-state index in [2.05, 4.69) is 0 Å². The smallest absolute Gasteiger partial charge is 0.339 e. The first kappa shape index (κ1) is 23.1. The van der Waals surface area contributed by atoms with Crippen molar-refractivity contribution in [1.82, 2.24) is 4.90 Å². The first-order valence-electron chi connectivity index (χ1n) is 10.4. The lowest BCUT2D eigenvalue weighted by molar-refractivity contribution is -0.384. The molecular weight excluding hydrogens is 460 g/mol. The number of fused-ring (bicyclic) bond motifs is 1. The Kier molecular flexibility index (Phi) is 6.70. The molecule has 0 radical (unpaired) electrons. The predicted octanol–water partition coefficient (Wildman–Crippen LogP) is 4.22. The van der Waals surface area contributed by atoms with Crippen LogP contribution >= 0.6 is 11.6 Å². The van der Waals surface area contributed by atoms with Crippen LogP contribution in [0.2, 0.25) is 5.02 Å². The average Bonchev–Trinajstić information content (AvgIpc) is 2.86. The second-order valence-corrected chi connectivity index (χ2v) is 8.12. The number of hydrogen-bond acceptors (Lipinski definition) is 6. The van der Waals surface area contributed by atoms with E-state index in [1.54, 1.807) is 17.0 Å². The predicted molar refractivity (Wildman–Crippen MR) is 124 cm³/mol. The van der Waals surface area contributed by atoms with Crippen LogP contribution in [0.5, 0.6) is 0 Å². The third kappa shape index (κ3) is 4.82. The van der Waals surface area contributed by atoms with E-state index in [-0.39, 0.29) is 27.6 Å². The van der Waals surface area contributed by atoms with Crippen molar-refractivity contribution in [2.24, 2.45) is 0 Å². The largest absolute Gasteiger partial charge is 0.452 e. The number of carbonyl (C=O) groups excluding carboxylic acids is 3. The summed E-state index contributed by atoms with van der Waals surface area (Å²) in [6, 6.07) is 17.5. The Balaban J connectivity index is 1.47. The van der Waals surface area contributed by atoms with Gasteiger partial charge in [-0.15, -0.1) is 0 Å². The average molecular weight is 479 g/mol. The molecule has 0 bridgehead atoms. The van der Waals surface area contributed by atoms with Gasteiger partial charge in [0.05, 0.1) is 10.5 Å². The van der Waals surface area contributed by atoms with E-state index in [0.29, 0.717) is 13.1 Å². The Hall–Kier alpha value is -4.04.